The van der Waals surface area contributed by atoms with Crippen LogP contribution in [0.4, 0.5) is 5.69 Å². The predicted octanol–water partition coefficient (Wildman–Crippen LogP) is -1.89. The van der Waals surface area contributed by atoms with Gasteiger partial charge in [0.25, 0.3) is 0 Å². The number of hydrogen-bond donors (Lipinski definition) is 3. The maximum absolute atomic E-state index is 11.8. The molecule has 0 unspecified atom stereocenters. The van der Waals surface area contributed by atoms with Crippen LogP contribution < -0.4 is 15.9 Å². The number of benzene rings is 2. The number of hydrogen-bond acceptors (Lipinski definition) is 8. The zero-order chi connectivity index (χ0) is 18.7. The zero-order valence-corrected chi connectivity index (χ0v) is 12.6. The molecular formula is C12H6N4O8S. The van der Waals surface area contributed by atoms with Gasteiger partial charge in [-0.3, -0.25) is 19.7 Å². The maximum Gasteiger partial charge on any atom is 0.338 e. The lowest BCUT2D eigenvalue weighted by Gasteiger charge is -2.10. The largest absolute Gasteiger partial charge is 0.507 e. The van der Waals surface area contributed by atoms with Crippen molar-refractivity contribution in [2.45, 2.75) is 4.90 Å². The summed E-state index contributed by atoms with van der Waals surface area (Å²) in [5, 5.41) is 34.1. The van der Waals surface area contributed by atoms with Crippen LogP contribution in [-0.2, 0) is 19.6 Å². The van der Waals surface area contributed by atoms with Crippen molar-refractivity contribution in [3.63, 3.8) is 0 Å². The van der Waals surface area contributed by atoms with Crippen molar-refractivity contribution >= 4 is 38.3 Å². The molecule has 0 radical (unpaired) electrons. The molecule has 0 atom stereocenters. The van der Waals surface area contributed by atoms with Crippen LogP contribution in [0.15, 0.2) is 27.0 Å². The molecule has 0 bridgehead atoms. The van der Waals surface area contributed by atoms with E-state index in [2.05, 4.69) is 9.98 Å². The van der Waals surface area contributed by atoms with Crippen molar-refractivity contribution < 1.29 is 33.1 Å². The number of fused-ring (bicyclic) bond motifs is 3. The number of sulfonamides is 1. The Morgan fingerprint density at radius 2 is 1.64 bits per heavy atom. The van der Waals surface area contributed by atoms with E-state index >= 15 is 0 Å². The standard InChI is InChI=1S/C12H6N4O8S/c13-25(23,24)10-4(17)2-1-3-5(10)8(16(21)22)9(18)7-6(3)14-11(19)12(20)15-7/h1-2,17-18H,(H2,13,23,24). The first-order valence-electron chi connectivity index (χ1n) is 6.27. The molecule has 0 spiro atoms. The van der Waals surface area contributed by atoms with Gasteiger partial charge in [0.05, 0.1) is 10.3 Å². The number of nitro benzene ring substituents is 1. The van der Waals surface area contributed by atoms with Gasteiger partial charge >= 0.3 is 17.5 Å². The number of aromatic hydroxyl groups is 2. The average molecular weight is 366 g/mol. The van der Waals surface area contributed by atoms with Gasteiger partial charge < -0.3 is 10.2 Å². The van der Waals surface area contributed by atoms with Crippen LogP contribution in [0.1, 0.15) is 0 Å². The SMILES string of the molecule is NS(=O)(=O)c1c(O)ccc2c3c(c(O)c([N+](=O)[O-])c12)=NC(=O)C(=O)N=3. The van der Waals surface area contributed by atoms with Crippen molar-refractivity contribution in [3.8, 4) is 11.5 Å². The molecule has 1 aliphatic heterocycles. The first kappa shape index (κ1) is 16.4. The van der Waals surface area contributed by atoms with Gasteiger partial charge in [-0.15, -0.1) is 0 Å². The second kappa shape index (κ2) is 5.02. The van der Waals surface area contributed by atoms with E-state index in [0.717, 1.165) is 12.1 Å². The van der Waals surface area contributed by atoms with Crippen molar-refractivity contribution in [2.24, 2.45) is 15.1 Å². The molecule has 1 aliphatic rings. The molecule has 13 heteroatoms. The van der Waals surface area contributed by atoms with Crippen LogP contribution in [0.2, 0.25) is 0 Å². The Kier molecular flexibility index (Phi) is 3.30. The van der Waals surface area contributed by atoms with E-state index in [9.17, 15) is 38.3 Å². The molecule has 0 aromatic heterocycles. The van der Waals surface area contributed by atoms with E-state index in [1.807, 2.05) is 0 Å². The second-order valence-corrected chi connectivity index (χ2v) is 6.37. The Labute approximate surface area is 136 Å². The maximum atomic E-state index is 11.8. The summed E-state index contributed by atoms with van der Waals surface area (Å²) < 4.78 is 23.6. The number of rotatable bonds is 2. The van der Waals surface area contributed by atoms with Crippen molar-refractivity contribution in [1.82, 2.24) is 0 Å². The number of nitrogens with zero attached hydrogens (tertiary/aromatic N) is 3. The molecule has 3 rings (SSSR count). The molecule has 0 saturated carbocycles. The summed E-state index contributed by atoms with van der Waals surface area (Å²) in [7, 11) is -4.67. The topological polar surface area (TPSA) is 203 Å². The first-order valence-corrected chi connectivity index (χ1v) is 7.82. The van der Waals surface area contributed by atoms with E-state index in [4.69, 9.17) is 5.14 Å². The van der Waals surface area contributed by atoms with E-state index in [1.165, 1.54) is 0 Å². The van der Waals surface area contributed by atoms with Crippen molar-refractivity contribution in [1.29, 1.82) is 0 Å². The second-order valence-electron chi connectivity index (χ2n) is 4.87. The molecule has 0 fully saturated rings. The van der Waals surface area contributed by atoms with Crippen LogP contribution in [0.25, 0.3) is 10.8 Å². The van der Waals surface area contributed by atoms with Gasteiger partial charge in [-0.2, -0.15) is 4.99 Å². The molecule has 2 amide bonds. The molecule has 128 valence electrons. The number of phenols is 2. The quantitative estimate of drug-likeness (QED) is 0.311. The summed E-state index contributed by atoms with van der Waals surface area (Å²) in [6.45, 7) is 0. The summed E-state index contributed by atoms with van der Waals surface area (Å²) in [4.78, 5) is 38.7. The highest BCUT2D eigenvalue weighted by atomic mass is 32.2. The van der Waals surface area contributed by atoms with Crippen LogP contribution in [0, 0.1) is 10.1 Å². The van der Waals surface area contributed by atoms with Crippen molar-refractivity contribution in [3.05, 3.63) is 33.0 Å². The lowest BCUT2D eigenvalue weighted by Crippen LogP contribution is -2.36. The molecule has 4 N–H and O–H groups in total. The minimum atomic E-state index is -4.67. The number of nitrogens with two attached hydrogens (primary N) is 1. The smallest absolute Gasteiger partial charge is 0.338 e. The number of phenolic OH excluding ortho intramolecular Hbond substituents is 2. The van der Waals surface area contributed by atoms with Crippen LogP contribution in [0.3, 0.4) is 0 Å². The molecule has 12 nitrogen and oxygen atoms in total. The van der Waals surface area contributed by atoms with Crippen molar-refractivity contribution in [2.75, 3.05) is 0 Å². The van der Waals surface area contributed by atoms with Gasteiger partial charge in [0, 0.05) is 5.39 Å². The molecule has 2 aromatic carbocycles. The highest BCUT2D eigenvalue weighted by Gasteiger charge is 2.32. The van der Waals surface area contributed by atoms with Gasteiger partial charge in [-0.25, -0.2) is 18.5 Å². The fraction of sp³-hybridized carbons (Fsp3) is 0. The number of primary sulfonamides is 1. The molecule has 0 saturated heterocycles. The van der Waals surface area contributed by atoms with E-state index in [-0.39, 0.29) is 5.39 Å². The summed E-state index contributed by atoms with van der Waals surface area (Å²) >= 11 is 0. The monoisotopic (exact) mass is 366 g/mol. The third-order valence-electron chi connectivity index (χ3n) is 3.38. The van der Waals surface area contributed by atoms with E-state index in [1.54, 1.807) is 0 Å². The molecule has 1 heterocycles. The molecule has 0 aliphatic carbocycles. The Hall–Kier alpha value is -3.45. The highest BCUT2D eigenvalue weighted by Crippen LogP contribution is 2.38. The normalized spacial score (nSPS) is 14.0. The van der Waals surface area contributed by atoms with Gasteiger partial charge in [-0.05, 0) is 12.1 Å². The molecule has 25 heavy (non-hydrogen) atoms. The molecular weight excluding hydrogens is 360 g/mol. The number of carbonyl (C=O) groups is 2. The fourth-order valence-corrected chi connectivity index (χ4v) is 3.31. The van der Waals surface area contributed by atoms with Crippen LogP contribution >= 0.6 is 0 Å². The van der Waals surface area contributed by atoms with Gasteiger partial charge in [0.15, 0.2) is 0 Å². The lowest BCUT2D eigenvalue weighted by molar-refractivity contribution is -0.384. The molecule has 2 aromatic rings. The van der Waals surface area contributed by atoms with Gasteiger partial charge in [-0.1, -0.05) is 0 Å². The Morgan fingerprint density at radius 3 is 2.16 bits per heavy atom. The minimum Gasteiger partial charge on any atom is -0.507 e. The summed E-state index contributed by atoms with van der Waals surface area (Å²) in [6, 6.07) is 1.88. The lowest BCUT2D eigenvalue weighted by atomic mass is 10.1. The number of nitro groups is 1. The van der Waals surface area contributed by atoms with Crippen LogP contribution in [-0.4, -0.2) is 35.4 Å². The Balaban J connectivity index is 2.81. The minimum absolute atomic E-state index is 0.314. The summed E-state index contributed by atoms with van der Waals surface area (Å²) in [5.41, 5.74) is -1.16. The number of amides is 2. The van der Waals surface area contributed by atoms with Gasteiger partial charge in [0.2, 0.25) is 15.8 Å². The summed E-state index contributed by atoms with van der Waals surface area (Å²) in [5.74, 6) is -4.77. The Morgan fingerprint density at radius 1 is 1.08 bits per heavy atom. The average Bonchev–Trinajstić information content (AvgIpc) is 2.47. The number of carbonyl (C=O) groups excluding carboxylic acids is 2. The zero-order valence-electron chi connectivity index (χ0n) is 11.8. The predicted molar refractivity (Wildman–Crippen MR) is 77.6 cm³/mol. The van der Waals surface area contributed by atoms with Gasteiger partial charge in [0.1, 0.15) is 21.4 Å². The first-order chi connectivity index (χ1) is 11.5. The van der Waals surface area contributed by atoms with E-state index in [0.29, 0.717) is 0 Å². The fourth-order valence-electron chi connectivity index (χ4n) is 2.46. The van der Waals surface area contributed by atoms with E-state index < -0.39 is 64.9 Å². The third-order valence-corrected chi connectivity index (χ3v) is 4.36. The van der Waals surface area contributed by atoms with Crippen LogP contribution in [0.5, 0.6) is 11.5 Å². The highest BCUT2D eigenvalue weighted by molar-refractivity contribution is 7.89. The summed E-state index contributed by atoms with van der Waals surface area (Å²) in [6.07, 6.45) is 0. The Bertz CT molecular complexity index is 1250. The third kappa shape index (κ3) is 2.29.